The molecule has 0 saturated carbocycles. The van der Waals surface area contributed by atoms with Crippen molar-refractivity contribution in [2.75, 3.05) is 0 Å². The van der Waals surface area contributed by atoms with Crippen molar-refractivity contribution in [3.8, 4) is 12.2 Å². The summed E-state index contributed by atoms with van der Waals surface area (Å²) in [5.74, 6) is 0. The van der Waals surface area contributed by atoms with Crippen molar-refractivity contribution in [2.24, 2.45) is 0 Å². The minimum Gasteiger partial charge on any atom is -0.439 e. The van der Waals surface area contributed by atoms with Gasteiger partial charge in [-0.15, -0.1) is 0 Å². The first-order valence-corrected chi connectivity index (χ1v) is 4.07. The van der Waals surface area contributed by atoms with E-state index in [9.17, 15) is 0 Å². The summed E-state index contributed by atoms with van der Waals surface area (Å²) in [6.07, 6.45) is 5.02. The summed E-state index contributed by atoms with van der Waals surface area (Å²) >= 11 is 0. The van der Waals surface area contributed by atoms with Gasteiger partial charge in [-0.25, -0.2) is 0 Å². The molecule has 2 nitrogen and oxygen atoms in total. The molecule has 0 bridgehead atoms. The zero-order chi connectivity index (χ0) is 9.83. The average molecular weight is 170 g/mol. The fourth-order valence-corrected chi connectivity index (χ4v) is 0.348. The summed E-state index contributed by atoms with van der Waals surface area (Å²) in [6.45, 7) is 11.7. The third kappa shape index (κ3) is 9.16. The molecule has 0 amide bonds. The van der Waals surface area contributed by atoms with E-state index in [4.69, 9.17) is 9.47 Å². The Morgan fingerprint density at radius 1 is 0.667 bits per heavy atom. The molecule has 0 heterocycles. The molecular weight excluding hydrogens is 152 g/mol. The SMILES string of the molecule is CC(C)(C)OC#COC(C)(C)C. The Balaban J connectivity index is 3.77. The van der Waals surface area contributed by atoms with Crippen molar-refractivity contribution in [3.63, 3.8) is 0 Å². The molecule has 0 fully saturated rings. The predicted octanol–water partition coefficient (Wildman–Crippen LogP) is 2.54. The Hall–Kier alpha value is -0.840. The van der Waals surface area contributed by atoms with Gasteiger partial charge >= 0.3 is 0 Å². The summed E-state index contributed by atoms with van der Waals surface area (Å²) in [7, 11) is 0. The lowest BCUT2D eigenvalue weighted by molar-refractivity contribution is 0.0741. The molecule has 0 spiro atoms. The van der Waals surface area contributed by atoms with Crippen LogP contribution in [0.1, 0.15) is 41.5 Å². The van der Waals surface area contributed by atoms with E-state index in [1.807, 2.05) is 41.5 Å². The van der Waals surface area contributed by atoms with Gasteiger partial charge in [-0.3, -0.25) is 0 Å². The van der Waals surface area contributed by atoms with Crippen LogP contribution in [0.5, 0.6) is 0 Å². The third-order valence-electron chi connectivity index (χ3n) is 0.756. The lowest BCUT2D eigenvalue weighted by Crippen LogP contribution is -2.17. The van der Waals surface area contributed by atoms with Crippen molar-refractivity contribution >= 4 is 0 Å². The van der Waals surface area contributed by atoms with Crippen molar-refractivity contribution in [2.45, 2.75) is 52.7 Å². The van der Waals surface area contributed by atoms with E-state index in [1.54, 1.807) is 0 Å². The first-order chi connectivity index (χ1) is 5.21. The highest BCUT2D eigenvalue weighted by Gasteiger charge is 2.10. The number of ether oxygens (including phenoxy) is 2. The molecule has 70 valence electrons. The Morgan fingerprint density at radius 2 is 0.917 bits per heavy atom. The van der Waals surface area contributed by atoms with Gasteiger partial charge in [-0.2, -0.15) is 0 Å². The molecule has 0 aromatic rings. The summed E-state index contributed by atoms with van der Waals surface area (Å²) in [5.41, 5.74) is -0.456. The highest BCUT2D eigenvalue weighted by Crippen LogP contribution is 2.06. The van der Waals surface area contributed by atoms with Crippen LogP contribution in [0, 0.1) is 12.2 Å². The lowest BCUT2D eigenvalue weighted by Gasteiger charge is -2.16. The topological polar surface area (TPSA) is 18.5 Å². The molecule has 0 unspecified atom stereocenters. The molecule has 12 heavy (non-hydrogen) atoms. The molecule has 0 radical (unpaired) electrons. The summed E-state index contributed by atoms with van der Waals surface area (Å²) in [4.78, 5) is 0. The second kappa shape index (κ2) is 3.71. The third-order valence-corrected chi connectivity index (χ3v) is 0.756. The number of rotatable bonds is 0. The molecule has 0 aliphatic rings. The zero-order valence-corrected chi connectivity index (χ0v) is 8.82. The maximum atomic E-state index is 5.14. The van der Waals surface area contributed by atoms with Crippen LogP contribution in [0.2, 0.25) is 0 Å². The molecule has 0 atom stereocenters. The van der Waals surface area contributed by atoms with E-state index >= 15 is 0 Å². The monoisotopic (exact) mass is 170 g/mol. The molecule has 0 aromatic heterocycles. The van der Waals surface area contributed by atoms with Crippen LogP contribution in [-0.4, -0.2) is 11.2 Å². The van der Waals surface area contributed by atoms with Gasteiger partial charge in [0.25, 0.3) is 0 Å². The second-order valence-electron chi connectivity index (χ2n) is 4.63. The summed E-state index contributed by atoms with van der Waals surface area (Å²) < 4.78 is 10.3. The first-order valence-electron chi connectivity index (χ1n) is 4.07. The van der Waals surface area contributed by atoms with E-state index in [0.29, 0.717) is 0 Å². The molecule has 0 saturated heterocycles. The van der Waals surface area contributed by atoms with E-state index in [-0.39, 0.29) is 11.2 Å². The highest BCUT2D eigenvalue weighted by atomic mass is 16.5. The highest BCUT2D eigenvalue weighted by molar-refractivity contribution is 4.86. The molecule has 0 rings (SSSR count). The van der Waals surface area contributed by atoms with E-state index in [2.05, 4.69) is 12.2 Å². The van der Waals surface area contributed by atoms with Crippen LogP contribution >= 0.6 is 0 Å². The standard InChI is InChI=1S/C10H18O2/c1-9(2,3)11-7-8-12-10(4,5)6/h1-6H3. The number of hydrogen-bond donors (Lipinski definition) is 0. The minimum absolute atomic E-state index is 0.228. The predicted molar refractivity (Wildman–Crippen MR) is 49.5 cm³/mol. The Bertz CT molecular complexity index is 163. The van der Waals surface area contributed by atoms with Crippen molar-refractivity contribution in [1.82, 2.24) is 0 Å². The van der Waals surface area contributed by atoms with Gasteiger partial charge in [0.05, 0.1) is 0 Å². The zero-order valence-electron chi connectivity index (χ0n) is 8.82. The van der Waals surface area contributed by atoms with Crippen LogP contribution in [0.3, 0.4) is 0 Å². The summed E-state index contributed by atoms with van der Waals surface area (Å²) in [5, 5.41) is 0. The van der Waals surface area contributed by atoms with Gasteiger partial charge in [0, 0.05) is 0 Å². The first kappa shape index (κ1) is 11.2. The van der Waals surface area contributed by atoms with Crippen LogP contribution in [-0.2, 0) is 9.47 Å². The van der Waals surface area contributed by atoms with E-state index in [0.717, 1.165) is 0 Å². The average Bonchev–Trinajstić information content (AvgIpc) is 1.76. The normalized spacial score (nSPS) is 11.5. The van der Waals surface area contributed by atoms with E-state index in [1.165, 1.54) is 0 Å². The Morgan fingerprint density at radius 3 is 1.08 bits per heavy atom. The largest absolute Gasteiger partial charge is 0.439 e. The Labute approximate surface area is 75.3 Å². The van der Waals surface area contributed by atoms with Gasteiger partial charge in [-0.1, -0.05) is 0 Å². The second-order valence-corrected chi connectivity index (χ2v) is 4.63. The van der Waals surface area contributed by atoms with Crippen molar-refractivity contribution in [1.29, 1.82) is 0 Å². The van der Waals surface area contributed by atoms with E-state index < -0.39 is 0 Å². The van der Waals surface area contributed by atoms with Crippen LogP contribution in [0.25, 0.3) is 0 Å². The van der Waals surface area contributed by atoms with Crippen molar-refractivity contribution in [3.05, 3.63) is 0 Å². The molecule has 0 N–H and O–H groups in total. The van der Waals surface area contributed by atoms with Crippen molar-refractivity contribution < 1.29 is 9.47 Å². The van der Waals surface area contributed by atoms with Gasteiger partial charge in [0.15, 0.2) is 12.2 Å². The maximum Gasteiger partial charge on any atom is 0.155 e. The summed E-state index contributed by atoms with van der Waals surface area (Å²) in [6, 6.07) is 0. The van der Waals surface area contributed by atoms with Crippen LogP contribution < -0.4 is 0 Å². The molecule has 2 heteroatoms. The molecule has 0 aliphatic carbocycles. The minimum atomic E-state index is -0.228. The molecule has 0 aromatic carbocycles. The molecule has 0 aliphatic heterocycles. The van der Waals surface area contributed by atoms with Crippen LogP contribution in [0.15, 0.2) is 0 Å². The fraction of sp³-hybridized carbons (Fsp3) is 0.800. The van der Waals surface area contributed by atoms with Gasteiger partial charge in [0.1, 0.15) is 11.2 Å². The van der Waals surface area contributed by atoms with Crippen LogP contribution in [0.4, 0.5) is 0 Å². The fourth-order valence-electron chi connectivity index (χ4n) is 0.348. The Kier molecular flexibility index (Phi) is 3.45. The maximum absolute atomic E-state index is 5.14. The molecular formula is C10H18O2. The van der Waals surface area contributed by atoms with Gasteiger partial charge in [-0.05, 0) is 41.5 Å². The quantitative estimate of drug-likeness (QED) is 0.520. The number of hydrogen-bond acceptors (Lipinski definition) is 2. The van der Waals surface area contributed by atoms with Gasteiger partial charge < -0.3 is 9.47 Å². The lowest BCUT2D eigenvalue weighted by atomic mass is 10.2. The van der Waals surface area contributed by atoms with Gasteiger partial charge in [0.2, 0.25) is 0 Å². The smallest absolute Gasteiger partial charge is 0.155 e.